The third-order valence-electron chi connectivity index (χ3n) is 1.55. The summed E-state index contributed by atoms with van der Waals surface area (Å²) < 4.78 is 2.10. The molecule has 0 fully saturated rings. The van der Waals surface area contributed by atoms with Crippen LogP contribution in [0.25, 0.3) is 0 Å². The van der Waals surface area contributed by atoms with E-state index >= 15 is 0 Å². The minimum absolute atomic E-state index is 0.619. The van der Waals surface area contributed by atoms with Crippen molar-refractivity contribution in [2.24, 2.45) is 0 Å². The van der Waals surface area contributed by atoms with Gasteiger partial charge in [-0.3, -0.25) is 4.31 Å². The molecule has 0 amide bonds. The van der Waals surface area contributed by atoms with E-state index in [4.69, 9.17) is 0 Å². The van der Waals surface area contributed by atoms with Crippen LogP contribution in [0.1, 0.15) is 33.6 Å². The molecule has 0 spiro atoms. The molecule has 0 aliphatic carbocycles. The lowest BCUT2D eigenvalue weighted by molar-refractivity contribution is 0.369. The minimum Gasteiger partial charge on any atom is -0.251 e. The van der Waals surface area contributed by atoms with Gasteiger partial charge in [0.05, 0.1) is 0 Å². The van der Waals surface area contributed by atoms with Crippen LogP contribution in [0.5, 0.6) is 0 Å². The van der Waals surface area contributed by atoms with Gasteiger partial charge in [0.15, 0.2) is 0 Å². The predicted octanol–water partition coefficient (Wildman–Crippen LogP) is 2.34. The fraction of sp³-hybridized carbons (Fsp3) is 1.00. The zero-order valence-electron chi connectivity index (χ0n) is 6.59. The third kappa shape index (κ3) is 3.82. The SMILES string of the molecule is CCCN(S)[C@H](C)CC. The quantitative estimate of drug-likeness (QED) is 0.597. The Morgan fingerprint density at radius 1 is 1.44 bits per heavy atom. The number of hydrogen-bond acceptors (Lipinski definition) is 2. The van der Waals surface area contributed by atoms with Crippen molar-refractivity contribution in [1.82, 2.24) is 4.31 Å². The van der Waals surface area contributed by atoms with E-state index in [1.54, 1.807) is 0 Å². The Balaban J connectivity index is 3.32. The van der Waals surface area contributed by atoms with Crippen molar-refractivity contribution in [3.05, 3.63) is 0 Å². The zero-order valence-corrected chi connectivity index (χ0v) is 7.49. The van der Waals surface area contributed by atoms with Crippen molar-refractivity contribution in [3.8, 4) is 0 Å². The van der Waals surface area contributed by atoms with Crippen LogP contribution in [0.2, 0.25) is 0 Å². The highest BCUT2D eigenvalue weighted by molar-refractivity contribution is 7.77. The predicted molar refractivity (Wildman–Crippen MR) is 45.7 cm³/mol. The number of nitrogens with zero attached hydrogens (tertiary/aromatic N) is 1. The van der Waals surface area contributed by atoms with E-state index in [2.05, 4.69) is 37.9 Å². The molecule has 0 aromatic carbocycles. The Kier molecular flexibility index (Phi) is 5.30. The highest BCUT2D eigenvalue weighted by atomic mass is 32.1. The summed E-state index contributed by atoms with van der Waals surface area (Å²) in [6.45, 7) is 7.65. The molecule has 0 aliphatic heterocycles. The summed E-state index contributed by atoms with van der Waals surface area (Å²) in [6.07, 6.45) is 2.37. The molecular formula is C7H17NS. The van der Waals surface area contributed by atoms with Crippen molar-refractivity contribution in [1.29, 1.82) is 0 Å². The molecule has 2 heteroatoms. The van der Waals surface area contributed by atoms with Gasteiger partial charge in [-0.05, 0) is 19.8 Å². The van der Waals surface area contributed by atoms with Gasteiger partial charge < -0.3 is 0 Å². The molecule has 0 radical (unpaired) electrons. The molecular weight excluding hydrogens is 130 g/mol. The Hall–Kier alpha value is 0.310. The molecule has 0 unspecified atom stereocenters. The first kappa shape index (κ1) is 9.31. The van der Waals surface area contributed by atoms with Crippen molar-refractivity contribution in [3.63, 3.8) is 0 Å². The molecule has 0 N–H and O–H groups in total. The van der Waals surface area contributed by atoms with Crippen LogP contribution in [0.4, 0.5) is 0 Å². The van der Waals surface area contributed by atoms with E-state index in [0.717, 1.165) is 6.54 Å². The van der Waals surface area contributed by atoms with E-state index in [0.29, 0.717) is 6.04 Å². The van der Waals surface area contributed by atoms with Crippen LogP contribution in [-0.2, 0) is 0 Å². The first-order valence-electron chi connectivity index (χ1n) is 3.67. The Labute approximate surface area is 64.0 Å². The summed E-state index contributed by atoms with van der Waals surface area (Å²) >= 11 is 4.32. The largest absolute Gasteiger partial charge is 0.251 e. The maximum atomic E-state index is 4.32. The van der Waals surface area contributed by atoms with Crippen LogP contribution in [0, 0.1) is 0 Å². The molecule has 0 saturated heterocycles. The summed E-state index contributed by atoms with van der Waals surface area (Å²) in [6, 6.07) is 0.619. The summed E-state index contributed by atoms with van der Waals surface area (Å²) in [5, 5.41) is 0. The second kappa shape index (κ2) is 5.12. The fourth-order valence-corrected chi connectivity index (χ4v) is 1.02. The zero-order chi connectivity index (χ0) is 7.28. The van der Waals surface area contributed by atoms with Crippen LogP contribution in [0.3, 0.4) is 0 Å². The highest BCUT2D eigenvalue weighted by Crippen LogP contribution is 2.05. The van der Waals surface area contributed by atoms with Crippen molar-refractivity contribution < 1.29 is 0 Å². The monoisotopic (exact) mass is 147 g/mol. The lowest BCUT2D eigenvalue weighted by atomic mass is 10.2. The van der Waals surface area contributed by atoms with Crippen molar-refractivity contribution >= 4 is 12.8 Å². The minimum atomic E-state index is 0.619. The molecule has 0 aromatic heterocycles. The molecule has 0 aliphatic rings. The summed E-state index contributed by atoms with van der Waals surface area (Å²) in [5.41, 5.74) is 0. The maximum absolute atomic E-state index is 4.32. The van der Waals surface area contributed by atoms with Gasteiger partial charge in [-0.25, -0.2) is 0 Å². The maximum Gasteiger partial charge on any atom is 0.0169 e. The Morgan fingerprint density at radius 3 is 2.33 bits per heavy atom. The number of hydrogen-bond donors (Lipinski definition) is 1. The number of thiol groups is 1. The molecule has 1 nitrogen and oxygen atoms in total. The first-order valence-corrected chi connectivity index (χ1v) is 4.07. The van der Waals surface area contributed by atoms with Crippen molar-refractivity contribution in [2.75, 3.05) is 6.54 Å². The lowest BCUT2D eigenvalue weighted by Gasteiger charge is -2.20. The van der Waals surface area contributed by atoms with Gasteiger partial charge in [0.1, 0.15) is 0 Å². The topological polar surface area (TPSA) is 3.24 Å². The molecule has 0 aromatic rings. The van der Waals surface area contributed by atoms with Gasteiger partial charge in [0.2, 0.25) is 0 Å². The Morgan fingerprint density at radius 2 is 2.00 bits per heavy atom. The molecule has 0 heterocycles. The normalized spacial score (nSPS) is 14.3. The molecule has 56 valence electrons. The standard InChI is InChI=1S/C7H17NS/c1-4-6-8(9)7(3)5-2/h7,9H,4-6H2,1-3H3/t7-/m1/s1. The fourth-order valence-electron chi connectivity index (χ4n) is 0.660. The lowest BCUT2D eigenvalue weighted by Crippen LogP contribution is -2.23. The van der Waals surface area contributed by atoms with Gasteiger partial charge in [0, 0.05) is 12.6 Å². The van der Waals surface area contributed by atoms with Gasteiger partial charge >= 0.3 is 0 Å². The van der Waals surface area contributed by atoms with E-state index in [1.165, 1.54) is 12.8 Å². The average Bonchev–Trinajstić information content (AvgIpc) is 1.87. The summed E-state index contributed by atoms with van der Waals surface area (Å²) in [4.78, 5) is 0. The van der Waals surface area contributed by atoms with Gasteiger partial charge in [-0.1, -0.05) is 26.7 Å². The second-order valence-electron chi connectivity index (χ2n) is 2.42. The smallest absolute Gasteiger partial charge is 0.0169 e. The first-order chi connectivity index (χ1) is 4.22. The molecule has 1 atom stereocenters. The van der Waals surface area contributed by atoms with E-state index in [9.17, 15) is 0 Å². The van der Waals surface area contributed by atoms with Gasteiger partial charge in [0.25, 0.3) is 0 Å². The van der Waals surface area contributed by atoms with E-state index < -0.39 is 0 Å². The van der Waals surface area contributed by atoms with Gasteiger partial charge in [-0.15, -0.1) is 0 Å². The molecule has 0 bridgehead atoms. The third-order valence-corrected chi connectivity index (χ3v) is 2.15. The highest BCUT2D eigenvalue weighted by Gasteiger charge is 2.04. The Bertz CT molecular complexity index is 65.9. The van der Waals surface area contributed by atoms with Crippen LogP contribution in [-0.4, -0.2) is 16.9 Å². The van der Waals surface area contributed by atoms with Crippen LogP contribution in [0.15, 0.2) is 0 Å². The summed E-state index contributed by atoms with van der Waals surface area (Å²) in [5.74, 6) is 0. The van der Waals surface area contributed by atoms with E-state index in [1.807, 2.05) is 0 Å². The molecule has 0 saturated carbocycles. The van der Waals surface area contributed by atoms with Gasteiger partial charge in [-0.2, -0.15) is 0 Å². The van der Waals surface area contributed by atoms with E-state index in [-0.39, 0.29) is 0 Å². The molecule has 0 rings (SSSR count). The van der Waals surface area contributed by atoms with Crippen LogP contribution < -0.4 is 0 Å². The number of rotatable bonds is 4. The van der Waals surface area contributed by atoms with Crippen molar-refractivity contribution in [2.45, 2.75) is 39.7 Å². The summed E-state index contributed by atoms with van der Waals surface area (Å²) in [7, 11) is 0. The van der Waals surface area contributed by atoms with Crippen LogP contribution >= 0.6 is 12.8 Å². The second-order valence-corrected chi connectivity index (χ2v) is 2.93. The average molecular weight is 147 g/mol. The molecule has 9 heavy (non-hydrogen) atoms.